The highest BCUT2D eigenvalue weighted by Gasteiger charge is 2.59. The van der Waals surface area contributed by atoms with E-state index in [-0.39, 0.29) is 11.3 Å². The van der Waals surface area contributed by atoms with E-state index in [2.05, 4.69) is 9.97 Å². The van der Waals surface area contributed by atoms with E-state index in [4.69, 9.17) is 0 Å². The SMILES string of the molecule is CC1(C=Cc2ncccn2)S[C@@H]2CC(=O)N2[C@H]1C(=O)O. The van der Waals surface area contributed by atoms with E-state index >= 15 is 0 Å². The second-order valence-corrected chi connectivity index (χ2v) is 6.60. The van der Waals surface area contributed by atoms with Gasteiger partial charge in [0, 0.05) is 12.4 Å². The van der Waals surface area contributed by atoms with Crippen molar-refractivity contribution in [1.82, 2.24) is 14.9 Å². The normalized spacial score (nSPS) is 32.2. The summed E-state index contributed by atoms with van der Waals surface area (Å²) in [5, 5.41) is 9.38. The molecule has 0 saturated carbocycles. The molecule has 3 atom stereocenters. The largest absolute Gasteiger partial charge is 0.480 e. The molecule has 1 amide bonds. The van der Waals surface area contributed by atoms with Crippen molar-refractivity contribution in [3.63, 3.8) is 0 Å². The number of aromatic nitrogens is 2. The van der Waals surface area contributed by atoms with Crippen LogP contribution < -0.4 is 0 Å². The molecule has 2 aliphatic rings. The third-order valence-electron chi connectivity index (χ3n) is 3.54. The van der Waals surface area contributed by atoms with Crippen molar-refractivity contribution < 1.29 is 14.7 Å². The van der Waals surface area contributed by atoms with Crippen molar-refractivity contribution in [3.05, 3.63) is 30.4 Å². The molecule has 104 valence electrons. The second-order valence-electron chi connectivity index (χ2n) is 4.94. The second kappa shape index (κ2) is 4.59. The lowest BCUT2D eigenvalue weighted by molar-refractivity contribution is -0.156. The van der Waals surface area contributed by atoms with Crippen molar-refractivity contribution in [2.45, 2.75) is 29.5 Å². The lowest BCUT2D eigenvalue weighted by atomic mass is 9.96. The molecule has 1 N–H and O–H groups in total. The van der Waals surface area contributed by atoms with Crippen molar-refractivity contribution in [3.8, 4) is 0 Å². The van der Waals surface area contributed by atoms with Gasteiger partial charge in [-0.25, -0.2) is 14.8 Å². The van der Waals surface area contributed by atoms with E-state index in [9.17, 15) is 14.7 Å². The molecule has 3 rings (SSSR count). The number of rotatable bonds is 3. The highest BCUT2D eigenvalue weighted by atomic mass is 32.2. The Morgan fingerprint density at radius 3 is 2.85 bits per heavy atom. The Labute approximate surface area is 119 Å². The summed E-state index contributed by atoms with van der Waals surface area (Å²) in [6, 6.07) is 0.882. The first-order valence-electron chi connectivity index (χ1n) is 6.19. The minimum absolute atomic E-state index is 0.0325. The third-order valence-corrected chi connectivity index (χ3v) is 5.07. The molecule has 0 bridgehead atoms. The van der Waals surface area contributed by atoms with Gasteiger partial charge >= 0.3 is 5.97 Å². The fourth-order valence-corrected chi connectivity index (χ4v) is 4.23. The zero-order valence-electron chi connectivity index (χ0n) is 10.8. The van der Waals surface area contributed by atoms with Crippen LogP contribution >= 0.6 is 11.8 Å². The molecule has 6 nitrogen and oxygen atoms in total. The van der Waals surface area contributed by atoms with Crippen LogP contribution in [0.4, 0.5) is 0 Å². The summed E-state index contributed by atoms with van der Waals surface area (Å²) in [6.07, 6.45) is 7.17. The predicted molar refractivity (Wildman–Crippen MR) is 73.7 cm³/mol. The van der Waals surface area contributed by atoms with Gasteiger partial charge in [0.15, 0.2) is 5.82 Å². The zero-order chi connectivity index (χ0) is 14.3. The Hall–Kier alpha value is -1.89. The van der Waals surface area contributed by atoms with Crippen molar-refractivity contribution in [2.75, 3.05) is 0 Å². The quantitative estimate of drug-likeness (QED) is 0.837. The Bertz CT molecular complexity index is 592. The number of hydrogen-bond acceptors (Lipinski definition) is 5. The topological polar surface area (TPSA) is 83.4 Å². The van der Waals surface area contributed by atoms with Gasteiger partial charge in [-0.1, -0.05) is 6.08 Å². The summed E-state index contributed by atoms with van der Waals surface area (Å²) in [4.78, 5) is 32.7. The predicted octanol–water partition coefficient (Wildman–Crippen LogP) is 1.01. The van der Waals surface area contributed by atoms with Gasteiger partial charge in [0.25, 0.3) is 0 Å². The van der Waals surface area contributed by atoms with Gasteiger partial charge in [-0.2, -0.15) is 0 Å². The lowest BCUT2D eigenvalue weighted by Crippen LogP contribution is -2.57. The number of fused-ring (bicyclic) bond motifs is 1. The number of carbonyl (C=O) groups excluding carboxylic acids is 1. The summed E-state index contributed by atoms with van der Waals surface area (Å²) < 4.78 is -0.665. The third kappa shape index (κ3) is 1.98. The maximum Gasteiger partial charge on any atom is 0.328 e. The molecule has 0 radical (unpaired) electrons. The molecule has 0 aromatic carbocycles. The maximum atomic E-state index is 11.6. The van der Waals surface area contributed by atoms with Gasteiger partial charge in [-0.05, 0) is 19.1 Å². The van der Waals surface area contributed by atoms with Crippen molar-refractivity contribution >= 4 is 29.7 Å². The lowest BCUT2D eigenvalue weighted by Gasteiger charge is -2.36. The van der Waals surface area contributed by atoms with E-state index in [1.165, 1.54) is 16.7 Å². The van der Waals surface area contributed by atoms with Crippen molar-refractivity contribution in [2.24, 2.45) is 0 Å². The fourth-order valence-electron chi connectivity index (χ4n) is 2.58. The van der Waals surface area contributed by atoms with Crippen LogP contribution in [-0.2, 0) is 9.59 Å². The Kier molecular flexibility index (Phi) is 3.01. The summed E-state index contributed by atoms with van der Waals surface area (Å²) in [7, 11) is 0. The summed E-state index contributed by atoms with van der Waals surface area (Å²) >= 11 is 1.50. The van der Waals surface area contributed by atoms with Crippen LogP contribution in [0.15, 0.2) is 24.5 Å². The number of hydrogen-bond donors (Lipinski definition) is 1. The average Bonchev–Trinajstić information content (AvgIpc) is 2.66. The maximum absolute atomic E-state index is 11.6. The highest BCUT2D eigenvalue weighted by Crippen LogP contribution is 2.51. The fraction of sp³-hybridized carbons (Fsp3) is 0.385. The number of carboxylic acids is 1. The highest BCUT2D eigenvalue weighted by molar-refractivity contribution is 8.01. The minimum atomic E-state index is -0.978. The van der Waals surface area contributed by atoms with Gasteiger partial charge in [-0.15, -0.1) is 11.8 Å². The van der Waals surface area contributed by atoms with Crippen LogP contribution in [0.1, 0.15) is 19.2 Å². The Balaban J connectivity index is 1.88. The number of amides is 1. The van der Waals surface area contributed by atoms with Crippen LogP contribution in [0, 0.1) is 0 Å². The van der Waals surface area contributed by atoms with Crippen molar-refractivity contribution in [1.29, 1.82) is 0 Å². The minimum Gasteiger partial charge on any atom is -0.480 e. The van der Waals surface area contributed by atoms with E-state index in [0.29, 0.717) is 12.2 Å². The van der Waals surface area contributed by atoms with E-state index in [0.717, 1.165) is 0 Å². The summed E-state index contributed by atoms with van der Waals surface area (Å²) in [6.45, 7) is 1.83. The molecule has 0 spiro atoms. The van der Waals surface area contributed by atoms with Gasteiger partial charge in [0.05, 0.1) is 16.5 Å². The number of β-lactam (4-membered cyclic amide) rings is 1. The van der Waals surface area contributed by atoms with E-state index in [1.54, 1.807) is 30.6 Å². The molecule has 2 aliphatic heterocycles. The molecule has 1 aromatic rings. The number of thioether (sulfide) groups is 1. The van der Waals surface area contributed by atoms with E-state index in [1.807, 2.05) is 6.92 Å². The van der Waals surface area contributed by atoms with Crippen LogP contribution in [-0.4, -0.2) is 48.0 Å². The number of carboxylic acid groups (broad SMARTS) is 1. The van der Waals surface area contributed by atoms with Crippen LogP contribution in [0.2, 0.25) is 0 Å². The van der Waals surface area contributed by atoms with Gasteiger partial charge in [-0.3, -0.25) is 4.79 Å². The first-order valence-corrected chi connectivity index (χ1v) is 7.07. The number of nitrogens with zero attached hydrogens (tertiary/aromatic N) is 3. The summed E-state index contributed by atoms with van der Waals surface area (Å²) in [5.41, 5.74) is 0. The first kappa shape index (κ1) is 13.1. The monoisotopic (exact) mass is 291 g/mol. The molecular formula is C13H13N3O3S. The van der Waals surface area contributed by atoms with Crippen LogP contribution in [0.5, 0.6) is 0 Å². The molecular weight excluding hydrogens is 278 g/mol. The molecule has 2 saturated heterocycles. The Morgan fingerprint density at radius 2 is 2.25 bits per heavy atom. The Morgan fingerprint density at radius 1 is 1.55 bits per heavy atom. The average molecular weight is 291 g/mol. The molecule has 7 heteroatoms. The van der Waals surface area contributed by atoms with Crippen LogP contribution in [0.25, 0.3) is 6.08 Å². The number of aliphatic carboxylic acids is 1. The smallest absolute Gasteiger partial charge is 0.328 e. The molecule has 1 aromatic heterocycles. The van der Waals surface area contributed by atoms with Gasteiger partial charge in [0.1, 0.15) is 6.04 Å². The molecule has 3 heterocycles. The zero-order valence-corrected chi connectivity index (χ0v) is 11.6. The van der Waals surface area contributed by atoms with Gasteiger partial charge in [0.2, 0.25) is 5.91 Å². The van der Waals surface area contributed by atoms with E-state index < -0.39 is 16.8 Å². The molecule has 0 aliphatic carbocycles. The van der Waals surface area contributed by atoms with Crippen LogP contribution in [0.3, 0.4) is 0 Å². The standard InChI is InChI=1S/C13H13N3O3S/c1-13(4-3-8-14-5-2-6-15-8)11(12(18)19)16-9(17)7-10(16)20-13/h2-6,10-11H,7H2,1H3,(H,18,19)/t10-,11+,13?/m1/s1. The molecule has 20 heavy (non-hydrogen) atoms. The van der Waals surface area contributed by atoms with Gasteiger partial charge < -0.3 is 10.0 Å². The summed E-state index contributed by atoms with van der Waals surface area (Å²) in [5.74, 6) is -0.545. The number of carbonyl (C=O) groups is 2. The first-order chi connectivity index (χ1) is 9.51. The molecule has 2 fully saturated rings. The molecule has 1 unspecified atom stereocenters.